The van der Waals surface area contributed by atoms with Crippen molar-refractivity contribution in [1.29, 1.82) is 0 Å². The van der Waals surface area contributed by atoms with E-state index in [-0.39, 0.29) is 0 Å². The van der Waals surface area contributed by atoms with Crippen molar-refractivity contribution in [2.45, 2.75) is 5.16 Å². The van der Waals surface area contributed by atoms with Gasteiger partial charge in [0.15, 0.2) is 5.16 Å². The van der Waals surface area contributed by atoms with Crippen LogP contribution in [0.2, 0.25) is 0 Å². The fourth-order valence-electron chi connectivity index (χ4n) is 1.86. The van der Waals surface area contributed by atoms with Crippen molar-refractivity contribution >= 4 is 27.6 Å². The summed E-state index contributed by atoms with van der Waals surface area (Å²) in [4.78, 5) is 10.6. The van der Waals surface area contributed by atoms with Crippen LogP contribution in [-0.4, -0.2) is 61.4 Å². The minimum absolute atomic E-state index is 0.511. The summed E-state index contributed by atoms with van der Waals surface area (Å²) in [5, 5.41) is 0.734. The van der Waals surface area contributed by atoms with Crippen LogP contribution >= 0.6 is 11.8 Å². The Kier molecular flexibility index (Phi) is 4.08. The Balaban J connectivity index is 2.05. The molecule has 2 heterocycles. The molecular weight excluding hydrogens is 272 g/mol. The van der Waals surface area contributed by atoms with Crippen LogP contribution in [0.3, 0.4) is 0 Å². The molecule has 0 aliphatic carbocycles. The molecule has 8 heteroatoms. The molecule has 6 nitrogen and oxygen atoms in total. The van der Waals surface area contributed by atoms with Crippen molar-refractivity contribution in [1.82, 2.24) is 14.3 Å². The van der Waals surface area contributed by atoms with Gasteiger partial charge in [-0.25, -0.2) is 18.4 Å². The van der Waals surface area contributed by atoms with Crippen LogP contribution in [0, 0.1) is 0 Å². The van der Waals surface area contributed by atoms with Crippen molar-refractivity contribution in [2.75, 3.05) is 43.6 Å². The highest BCUT2D eigenvalue weighted by Gasteiger charge is 2.24. The number of aromatic nitrogens is 2. The lowest BCUT2D eigenvalue weighted by atomic mass is 10.3. The predicted molar refractivity (Wildman–Crippen MR) is 72.4 cm³/mol. The van der Waals surface area contributed by atoms with Crippen LogP contribution in [0.15, 0.2) is 17.4 Å². The van der Waals surface area contributed by atoms with E-state index < -0.39 is 10.0 Å². The minimum Gasteiger partial charge on any atom is -0.354 e. The first-order valence-corrected chi connectivity index (χ1v) is 8.65. The Labute approximate surface area is 111 Å². The highest BCUT2D eigenvalue weighted by molar-refractivity contribution is 7.98. The van der Waals surface area contributed by atoms with E-state index in [0.29, 0.717) is 26.2 Å². The third-order valence-corrected chi connectivity index (χ3v) is 4.70. The fourth-order valence-corrected chi connectivity index (χ4v) is 3.03. The maximum absolute atomic E-state index is 11.4. The van der Waals surface area contributed by atoms with Gasteiger partial charge in [-0.2, -0.15) is 4.31 Å². The fraction of sp³-hybridized carbons (Fsp3) is 0.600. The smallest absolute Gasteiger partial charge is 0.211 e. The van der Waals surface area contributed by atoms with E-state index in [1.165, 1.54) is 22.3 Å². The maximum Gasteiger partial charge on any atom is 0.211 e. The van der Waals surface area contributed by atoms with Crippen molar-refractivity contribution in [3.05, 3.63) is 12.3 Å². The van der Waals surface area contributed by atoms with Crippen molar-refractivity contribution in [3.8, 4) is 0 Å². The van der Waals surface area contributed by atoms with Crippen LogP contribution in [0.25, 0.3) is 0 Å². The average molecular weight is 288 g/mol. The summed E-state index contributed by atoms with van der Waals surface area (Å²) in [6, 6.07) is 1.86. The largest absolute Gasteiger partial charge is 0.354 e. The lowest BCUT2D eigenvalue weighted by Gasteiger charge is -2.33. The summed E-state index contributed by atoms with van der Waals surface area (Å²) in [6.45, 7) is 2.35. The van der Waals surface area contributed by atoms with Crippen LogP contribution in [-0.2, 0) is 10.0 Å². The normalized spacial score (nSPS) is 18.0. The molecule has 0 saturated carbocycles. The number of thioether (sulfide) groups is 1. The molecule has 0 spiro atoms. The number of piperazine rings is 1. The number of rotatable bonds is 3. The molecule has 1 fully saturated rings. The Morgan fingerprint density at radius 2 is 1.94 bits per heavy atom. The molecule has 0 aromatic carbocycles. The Bertz CT molecular complexity index is 512. The molecule has 0 N–H and O–H groups in total. The van der Waals surface area contributed by atoms with E-state index in [0.717, 1.165) is 11.0 Å². The molecule has 2 rings (SSSR count). The third-order valence-electron chi connectivity index (χ3n) is 2.83. The van der Waals surface area contributed by atoms with Gasteiger partial charge in [0.05, 0.1) is 6.26 Å². The second kappa shape index (κ2) is 5.41. The second-order valence-electron chi connectivity index (χ2n) is 4.05. The molecule has 0 unspecified atom stereocenters. The first-order chi connectivity index (χ1) is 8.50. The van der Waals surface area contributed by atoms with Gasteiger partial charge < -0.3 is 4.90 Å². The minimum atomic E-state index is -3.07. The SMILES string of the molecule is CSc1nccc(N2CCN(S(C)(=O)=O)CC2)n1. The lowest BCUT2D eigenvalue weighted by molar-refractivity contribution is 0.386. The molecular formula is C10H16N4O2S2. The van der Waals surface area contributed by atoms with Crippen LogP contribution in [0.5, 0.6) is 0 Å². The molecule has 1 aliphatic heterocycles. The van der Waals surface area contributed by atoms with Crippen molar-refractivity contribution in [2.24, 2.45) is 0 Å². The summed E-state index contributed by atoms with van der Waals surface area (Å²) < 4.78 is 24.3. The van der Waals surface area contributed by atoms with Crippen molar-refractivity contribution in [3.63, 3.8) is 0 Å². The zero-order chi connectivity index (χ0) is 13.2. The van der Waals surface area contributed by atoms with Gasteiger partial charge >= 0.3 is 0 Å². The number of anilines is 1. The Morgan fingerprint density at radius 3 is 2.50 bits per heavy atom. The number of sulfonamides is 1. The third kappa shape index (κ3) is 3.12. The van der Waals surface area contributed by atoms with E-state index in [1.54, 1.807) is 6.20 Å². The van der Waals surface area contributed by atoms with Gasteiger partial charge in [-0.3, -0.25) is 0 Å². The van der Waals surface area contributed by atoms with Gasteiger partial charge in [-0.15, -0.1) is 0 Å². The molecule has 0 atom stereocenters. The number of hydrogen-bond acceptors (Lipinski definition) is 6. The molecule has 18 heavy (non-hydrogen) atoms. The van der Waals surface area contributed by atoms with Crippen LogP contribution in [0.4, 0.5) is 5.82 Å². The molecule has 100 valence electrons. The molecule has 1 saturated heterocycles. The topological polar surface area (TPSA) is 66.4 Å². The van der Waals surface area contributed by atoms with E-state index in [4.69, 9.17) is 0 Å². The zero-order valence-corrected chi connectivity index (χ0v) is 12.0. The highest BCUT2D eigenvalue weighted by Crippen LogP contribution is 2.17. The second-order valence-corrected chi connectivity index (χ2v) is 6.81. The first-order valence-electron chi connectivity index (χ1n) is 5.58. The van der Waals surface area contributed by atoms with Gasteiger partial charge in [0.1, 0.15) is 5.82 Å². The van der Waals surface area contributed by atoms with Gasteiger partial charge in [-0.1, -0.05) is 11.8 Å². The molecule has 1 aromatic heterocycles. The average Bonchev–Trinajstić information content (AvgIpc) is 2.38. The predicted octanol–water partition coefficient (Wildman–Crippen LogP) is 0.280. The number of hydrogen-bond donors (Lipinski definition) is 0. The van der Waals surface area contributed by atoms with Crippen LogP contribution in [0.1, 0.15) is 0 Å². The Morgan fingerprint density at radius 1 is 1.28 bits per heavy atom. The van der Waals surface area contributed by atoms with Crippen LogP contribution < -0.4 is 4.90 Å². The standard InChI is InChI=1S/C10H16N4O2S2/c1-17-10-11-4-3-9(12-10)13-5-7-14(8-6-13)18(2,15)16/h3-4H,5-8H2,1-2H3. The quantitative estimate of drug-likeness (QED) is 0.588. The van der Waals surface area contributed by atoms with Gasteiger partial charge in [0.2, 0.25) is 10.0 Å². The summed E-state index contributed by atoms with van der Waals surface area (Å²) in [6.07, 6.45) is 4.91. The summed E-state index contributed by atoms with van der Waals surface area (Å²) >= 11 is 1.50. The maximum atomic E-state index is 11.4. The molecule has 0 amide bonds. The summed E-state index contributed by atoms with van der Waals surface area (Å²) in [5.41, 5.74) is 0. The van der Waals surface area contributed by atoms with E-state index in [9.17, 15) is 8.42 Å². The molecule has 1 aromatic rings. The van der Waals surface area contributed by atoms with Gasteiger partial charge in [-0.05, 0) is 12.3 Å². The lowest BCUT2D eigenvalue weighted by Crippen LogP contribution is -2.48. The van der Waals surface area contributed by atoms with E-state index in [2.05, 4.69) is 14.9 Å². The molecule has 0 bridgehead atoms. The number of nitrogens with zero attached hydrogens (tertiary/aromatic N) is 4. The molecule has 1 aliphatic rings. The highest BCUT2D eigenvalue weighted by atomic mass is 32.2. The monoisotopic (exact) mass is 288 g/mol. The first kappa shape index (κ1) is 13.6. The Hall–Kier alpha value is -0.860. The summed E-state index contributed by atoms with van der Waals surface area (Å²) in [5.74, 6) is 0.863. The zero-order valence-electron chi connectivity index (χ0n) is 10.4. The molecule has 0 radical (unpaired) electrons. The van der Waals surface area contributed by atoms with Gasteiger partial charge in [0, 0.05) is 32.4 Å². The van der Waals surface area contributed by atoms with Crippen molar-refractivity contribution < 1.29 is 8.42 Å². The summed E-state index contributed by atoms with van der Waals surface area (Å²) in [7, 11) is -3.07. The van der Waals surface area contributed by atoms with Gasteiger partial charge in [0.25, 0.3) is 0 Å². The van der Waals surface area contributed by atoms with E-state index >= 15 is 0 Å². The van der Waals surface area contributed by atoms with E-state index in [1.807, 2.05) is 12.3 Å².